The molecule has 0 bridgehead atoms. The molecule has 11 heteroatoms. The number of rotatable bonds is 6. The number of allylic oxidation sites excluding steroid dienone is 1. The molecule has 0 radical (unpaired) electrons. The lowest BCUT2D eigenvalue weighted by Gasteiger charge is -2.15. The maximum absolute atomic E-state index is 15.0. The van der Waals surface area contributed by atoms with Crippen molar-refractivity contribution in [2.45, 2.75) is 19.2 Å². The Morgan fingerprint density at radius 3 is 2.22 bits per heavy atom. The van der Waals surface area contributed by atoms with Crippen LogP contribution < -0.4 is 10.1 Å². The number of benzene rings is 3. The lowest BCUT2D eigenvalue weighted by Crippen LogP contribution is -2.30. The first kappa shape index (κ1) is 25.5. The number of ether oxygens (including phenoxy) is 1. The lowest BCUT2D eigenvalue weighted by molar-refractivity contribution is -0.122. The van der Waals surface area contributed by atoms with Gasteiger partial charge >= 0.3 is 12.2 Å². The molecule has 5 nitrogen and oxygen atoms in total. The highest BCUT2D eigenvalue weighted by Gasteiger charge is 2.38. The van der Waals surface area contributed by atoms with Gasteiger partial charge < -0.3 is 9.15 Å². The molecule has 0 saturated heterocycles. The van der Waals surface area contributed by atoms with Crippen LogP contribution in [-0.4, -0.2) is 23.2 Å². The molecule has 1 N–H and O–H groups in total. The topological polar surface area (TPSA) is 64.4 Å². The predicted octanol–water partition coefficient (Wildman–Crippen LogP) is 7.94. The van der Waals surface area contributed by atoms with Crippen molar-refractivity contribution >= 4 is 57.6 Å². The molecule has 0 saturated carbocycles. The summed E-state index contributed by atoms with van der Waals surface area (Å²) in [5.74, 6) is -1.92. The van der Waals surface area contributed by atoms with Gasteiger partial charge in [0.15, 0.2) is 11.7 Å². The second-order valence-electron chi connectivity index (χ2n) is 7.60. The number of hydrogen-bond donors (Lipinski definition) is 1. The molecule has 0 unspecified atom stereocenters. The molecule has 1 atom stereocenters. The van der Waals surface area contributed by atoms with E-state index in [4.69, 9.17) is 32.4 Å². The molecule has 1 amide bonds. The van der Waals surface area contributed by atoms with Crippen molar-refractivity contribution in [3.63, 3.8) is 0 Å². The van der Waals surface area contributed by atoms with Crippen LogP contribution in [0.2, 0.25) is 10.0 Å². The van der Waals surface area contributed by atoms with Gasteiger partial charge in [0.05, 0.1) is 5.57 Å². The van der Waals surface area contributed by atoms with E-state index in [1.54, 1.807) is 18.2 Å². The number of alkyl halides is 3. The van der Waals surface area contributed by atoms with Gasteiger partial charge in [-0.15, -0.1) is 0 Å². The van der Waals surface area contributed by atoms with Crippen molar-refractivity contribution in [1.82, 2.24) is 4.98 Å². The summed E-state index contributed by atoms with van der Waals surface area (Å²) < 4.78 is 66.8. The SMILES string of the molecule is C[C@@H](Oc1ccc(C(F)=C(c2ccc(Cl)cc2)C(F)(F)F)cc1)C(=O)Nc1nc2cc(Cl)ccc2o1. The number of carbonyl (C=O) groups excluding carboxylic acids is 1. The summed E-state index contributed by atoms with van der Waals surface area (Å²) in [6, 6.07) is 14.2. The van der Waals surface area contributed by atoms with Crippen molar-refractivity contribution in [2.24, 2.45) is 0 Å². The number of oxazole rings is 1. The summed E-state index contributed by atoms with van der Waals surface area (Å²) in [7, 11) is 0. The summed E-state index contributed by atoms with van der Waals surface area (Å²) in [6.45, 7) is 1.45. The van der Waals surface area contributed by atoms with E-state index in [1.165, 1.54) is 31.2 Å². The predicted molar refractivity (Wildman–Crippen MR) is 130 cm³/mol. The average Bonchev–Trinajstić information content (AvgIpc) is 3.21. The maximum atomic E-state index is 15.0. The molecule has 0 spiro atoms. The quantitative estimate of drug-likeness (QED) is 0.200. The van der Waals surface area contributed by atoms with E-state index in [1.807, 2.05) is 0 Å². The highest BCUT2D eigenvalue weighted by atomic mass is 35.5. The molecular formula is C25H16Cl2F4N2O3. The Balaban J connectivity index is 1.48. The van der Waals surface area contributed by atoms with E-state index in [9.17, 15) is 22.4 Å². The standard InChI is InChI=1S/C25H16Cl2F4N2O3/c1-13(23(34)33-24-32-19-12-17(27)8-11-20(19)36-24)35-18-9-4-15(5-10-18)22(28)21(25(29,30)31)14-2-6-16(26)7-3-14/h2-13H,1H3,(H,32,33,34)/t13-/m1/s1. The molecule has 4 aromatic rings. The summed E-state index contributed by atoms with van der Waals surface area (Å²) >= 11 is 11.6. The molecule has 3 aromatic carbocycles. The molecule has 4 rings (SSSR count). The summed E-state index contributed by atoms with van der Waals surface area (Å²) in [5, 5.41) is 3.14. The van der Waals surface area contributed by atoms with E-state index in [0.29, 0.717) is 16.1 Å². The van der Waals surface area contributed by atoms with Crippen LogP contribution in [0.3, 0.4) is 0 Å². The Labute approximate surface area is 212 Å². The van der Waals surface area contributed by atoms with Gasteiger partial charge in [-0.1, -0.05) is 35.3 Å². The summed E-state index contributed by atoms with van der Waals surface area (Å²) in [6.07, 6.45) is -5.98. The van der Waals surface area contributed by atoms with Gasteiger partial charge in [0.25, 0.3) is 5.91 Å². The molecule has 1 aromatic heterocycles. The van der Waals surface area contributed by atoms with E-state index >= 15 is 0 Å². The van der Waals surface area contributed by atoms with E-state index in [0.717, 1.165) is 24.3 Å². The van der Waals surface area contributed by atoms with Crippen LogP contribution >= 0.6 is 23.2 Å². The molecule has 186 valence electrons. The third-order valence-electron chi connectivity index (χ3n) is 5.01. The fourth-order valence-corrected chi connectivity index (χ4v) is 3.57. The van der Waals surface area contributed by atoms with Crippen LogP contribution in [-0.2, 0) is 4.79 Å². The minimum absolute atomic E-state index is 0.0582. The first-order chi connectivity index (χ1) is 17.0. The number of aromatic nitrogens is 1. The second-order valence-corrected chi connectivity index (χ2v) is 8.47. The Hall–Kier alpha value is -3.56. The zero-order valence-electron chi connectivity index (χ0n) is 18.4. The molecule has 36 heavy (non-hydrogen) atoms. The Morgan fingerprint density at radius 1 is 0.972 bits per heavy atom. The summed E-state index contributed by atoms with van der Waals surface area (Å²) in [4.78, 5) is 16.6. The third-order valence-corrected chi connectivity index (χ3v) is 5.49. The van der Waals surface area contributed by atoms with Gasteiger partial charge in [0, 0.05) is 15.6 Å². The monoisotopic (exact) mass is 538 g/mol. The number of amides is 1. The normalized spacial score (nSPS) is 13.3. The highest BCUT2D eigenvalue weighted by Crippen LogP contribution is 2.40. The molecule has 0 fully saturated rings. The van der Waals surface area contributed by atoms with Gasteiger partial charge in [-0.3, -0.25) is 10.1 Å². The zero-order chi connectivity index (χ0) is 26.0. The lowest BCUT2D eigenvalue weighted by atomic mass is 10.0. The molecule has 0 aliphatic carbocycles. The van der Waals surface area contributed by atoms with E-state index in [2.05, 4.69) is 10.3 Å². The van der Waals surface area contributed by atoms with Crippen LogP contribution in [0.15, 0.2) is 71.1 Å². The Kier molecular flexibility index (Phi) is 7.23. The van der Waals surface area contributed by atoms with Crippen LogP contribution in [0.25, 0.3) is 22.5 Å². The number of halogens is 6. The van der Waals surface area contributed by atoms with Crippen LogP contribution in [0.4, 0.5) is 23.6 Å². The van der Waals surface area contributed by atoms with Gasteiger partial charge in [-0.25, -0.2) is 4.39 Å². The average molecular weight is 539 g/mol. The largest absolute Gasteiger partial charge is 0.481 e. The van der Waals surface area contributed by atoms with Gasteiger partial charge in [-0.2, -0.15) is 18.2 Å². The van der Waals surface area contributed by atoms with Gasteiger partial charge in [-0.05, 0) is 67.1 Å². The molecule has 0 aliphatic rings. The van der Waals surface area contributed by atoms with Crippen molar-refractivity contribution in [1.29, 1.82) is 0 Å². The van der Waals surface area contributed by atoms with Crippen molar-refractivity contribution in [2.75, 3.05) is 5.32 Å². The van der Waals surface area contributed by atoms with E-state index < -0.39 is 29.6 Å². The number of fused-ring (bicyclic) bond motifs is 1. The first-order valence-corrected chi connectivity index (χ1v) is 11.1. The fourth-order valence-electron chi connectivity index (χ4n) is 3.27. The second kappa shape index (κ2) is 10.2. The number of nitrogens with zero attached hydrogens (tertiary/aromatic N) is 1. The van der Waals surface area contributed by atoms with Crippen molar-refractivity contribution < 1.29 is 31.5 Å². The Morgan fingerprint density at radius 2 is 1.58 bits per heavy atom. The van der Waals surface area contributed by atoms with Crippen LogP contribution in [0.5, 0.6) is 5.75 Å². The zero-order valence-corrected chi connectivity index (χ0v) is 19.9. The highest BCUT2D eigenvalue weighted by molar-refractivity contribution is 6.31. The van der Waals surface area contributed by atoms with E-state index in [-0.39, 0.29) is 27.9 Å². The first-order valence-electron chi connectivity index (χ1n) is 10.4. The molecule has 1 heterocycles. The van der Waals surface area contributed by atoms with Crippen molar-refractivity contribution in [3.05, 3.63) is 87.9 Å². The van der Waals surface area contributed by atoms with Crippen LogP contribution in [0.1, 0.15) is 18.1 Å². The number of anilines is 1. The third kappa shape index (κ3) is 5.80. The van der Waals surface area contributed by atoms with Gasteiger partial charge in [0.1, 0.15) is 17.1 Å². The molecular weight excluding hydrogens is 523 g/mol. The maximum Gasteiger partial charge on any atom is 0.419 e. The number of hydrogen-bond acceptors (Lipinski definition) is 4. The smallest absolute Gasteiger partial charge is 0.419 e. The molecule has 0 aliphatic heterocycles. The fraction of sp³-hybridized carbons (Fsp3) is 0.120. The van der Waals surface area contributed by atoms with Gasteiger partial charge in [0.2, 0.25) is 0 Å². The minimum Gasteiger partial charge on any atom is -0.481 e. The summed E-state index contributed by atoms with van der Waals surface area (Å²) in [5.41, 5.74) is -1.23. The van der Waals surface area contributed by atoms with Crippen LogP contribution in [0, 0.1) is 0 Å². The Bertz CT molecular complexity index is 1430. The van der Waals surface area contributed by atoms with Crippen molar-refractivity contribution in [3.8, 4) is 5.75 Å². The number of nitrogens with one attached hydrogen (secondary N) is 1. The minimum atomic E-state index is -4.95. The number of carbonyl (C=O) groups is 1.